The fourth-order valence-electron chi connectivity index (χ4n) is 0.920. The van der Waals surface area contributed by atoms with Crippen molar-refractivity contribution in [2.75, 3.05) is 13.2 Å². The zero-order valence-corrected chi connectivity index (χ0v) is 12.1. The van der Waals surface area contributed by atoms with Crippen LogP contribution in [0.4, 0.5) is 0 Å². The lowest BCUT2D eigenvalue weighted by Gasteiger charge is -2.03. The molecule has 1 heterocycles. The van der Waals surface area contributed by atoms with Crippen molar-refractivity contribution < 1.29 is 19.1 Å². The van der Waals surface area contributed by atoms with Crippen molar-refractivity contribution >= 4 is 11.9 Å². The van der Waals surface area contributed by atoms with Crippen LogP contribution in [0.15, 0.2) is 27.9 Å². The van der Waals surface area contributed by atoms with E-state index in [2.05, 4.69) is 26.0 Å². The molecule has 8 nitrogen and oxygen atoms in total. The number of rotatable bonds is 4. The van der Waals surface area contributed by atoms with Gasteiger partial charge in [0.1, 0.15) is 13.2 Å². The molecule has 0 saturated heterocycles. The summed E-state index contributed by atoms with van der Waals surface area (Å²) in [7, 11) is 0. The Balaban J connectivity index is 0.000000394. The first-order valence-corrected chi connectivity index (χ1v) is 5.98. The number of ether oxygens (including phenoxy) is 2. The van der Waals surface area contributed by atoms with Crippen molar-refractivity contribution in [3.63, 3.8) is 0 Å². The van der Waals surface area contributed by atoms with Crippen molar-refractivity contribution in [1.29, 1.82) is 0 Å². The Morgan fingerprint density at radius 1 is 1.19 bits per heavy atom. The summed E-state index contributed by atoms with van der Waals surface area (Å²) in [6.07, 6.45) is 1.38. The van der Waals surface area contributed by atoms with Gasteiger partial charge in [0.2, 0.25) is 0 Å². The van der Waals surface area contributed by atoms with Crippen LogP contribution in [-0.2, 0) is 19.1 Å². The fraction of sp³-hybridized carbons (Fsp3) is 0.385. The second-order valence-corrected chi connectivity index (χ2v) is 4.01. The molecule has 0 spiro atoms. The molecule has 1 aromatic rings. The number of hydrogen-bond acceptors (Lipinski definition) is 6. The van der Waals surface area contributed by atoms with E-state index in [-0.39, 0.29) is 24.7 Å². The summed E-state index contributed by atoms with van der Waals surface area (Å²) in [5, 5.41) is 0. The molecule has 0 fully saturated rings. The Morgan fingerprint density at radius 2 is 1.76 bits per heavy atom. The number of aromatic nitrogens is 2. The zero-order chi connectivity index (χ0) is 16.4. The zero-order valence-electron chi connectivity index (χ0n) is 12.1. The summed E-state index contributed by atoms with van der Waals surface area (Å²) >= 11 is 0. The maximum absolute atomic E-state index is 10.7. The highest BCUT2D eigenvalue weighted by Gasteiger charge is 2.02. The molecule has 116 valence electrons. The molecule has 0 unspecified atom stereocenters. The van der Waals surface area contributed by atoms with Gasteiger partial charge in [-0.1, -0.05) is 6.58 Å². The number of aryl methyl sites for hydroxylation is 1. The van der Waals surface area contributed by atoms with Gasteiger partial charge in [0.25, 0.3) is 5.56 Å². The van der Waals surface area contributed by atoms with Crippen LogP contribution in [0.1, 0.15) is 19.4 Å². The Kier molecular flexibility index (Phi) is 8.13. The van der Waals surface area contributed by atoms with E-state index in [0.29, 0.717) is 11.1 Å². The van der Waals surface area contributed by atoms with E-state index in [1.807, 2.05) is 0 Å². The van der Waals surface area contributed by atoms with Gasteiger partial charge >= 0.3 is 17.6 Å². The van der Waals surface area contributed by atoms with E-state index in [9.17, 15) is 19.2 Å². The number of aromatic amines is 2. The standard InChI is InChI=1S/C8H12O4.C5H6N2O2/c1-6(2)8(10)12-5-4-11-7(3)9;1-3-2-6-5(9)7-4(3)8/h1,4-5H2,2-3H3;2H,1H3,(H2,6,7,8,9). The topological polar surface area (TPSA) is 118 Å². The van der Waals surface area contributed by atoms with Crippen molar-refractivity contribution in [2.24, 2.45) is 0 Å². The van der Waals surface area contributed by atoms with Crippen molar-refractivity contribution in [3.05, 3.63) is 44.8 Å². The maximum atomic E-state index is 10.7. The molecule has 0 saturated carbocycles. The van der Waals surface area contributed by atoms with Crippen LogP contribution in [0.2, 0.25) is 0 Å². The number of esters is 2. The third-order valence-electron chi connectivity index (χ3n) is 1.98. The average molecular weight is 298 g/mol. The molecule has 0 bridgehead atoms. The van der Waals surface area contributed by atoms with Gasteiger partial charge in [0.05, 0.1) is 0 Å². The van der Waals surface area contributed by atoms with Gasteiger partial charge in [0, 0.05) is 24.3 Å². The molecule has 8 heteroatoms. The Hall–Kier alpha value is -2.64. The van der Waals surface area contributed by atoms with Gasteiger partial charge in [-0.25, -0.2) is 9.59 Å². The van der Waals surface area contributed by atoms with Crippen molar-refractivity contribution in [3.8, 4) is 0 Å². The third-order valence-corrected chi connectivity index (χ3v) is 1.98. The molecule has 21 heavy (non-hydrogen) atoms. The second kappa shape index (κ2) is 9.29. The van der Waals surface area contributed by atoms with Crippen molar-refractivity contribution in [2.45, 2.75) is 20.8 Å². The molecule has 1 aromatic heterocycles. The molecule has 2 N–H and O–H groups in total. The third kappa shape index (κ3) is 8.98. The van der Waals surface area contributed by atoms with Gasteiger partial charge in [-0.15, -0.1) is 0 Å². The van der Waals surface area contributed by atoms with Crippen LogP contribution in [0.3, 0.4) is 0 Å². The summed E-state index contributed by atoms with van der Waals surface area (Å²) in [5.41, 5.74) is 0.0387. The minimum Gasteiger partial charge on any atom is -0.462 e. The monoisotopic (exact) mass is 298 g/mol. The predicted molar refractivity (Wildman–Crippen MR) is 74.8 cm³/mol. The first-order chi connectivity index (χ1) is 9.73. The van der Waals surface area contributed by atoms with E-state index in [1.165, 1.54) is 13.1 Å². The smallest absolute Gasteiger partial charge is 0.333 e. The summed E-state index contributed by atoms with van der Waals surface area (Å²) in [6, 6.07) is 0. The average Bonchev–Trinajstić information content (AvgIpc) is 2.39. The Morgan fingerprint density at radius 3 is 2.19 bits per heavy atom. The van der Waals surface area contributed by atoms with Gasteiger partial charge < -0.3 is 14.5 Å². The van der Waals surface area contributed by atoms with Gasteiger partial charge in [-0.2, -0.15) is 0 Å². The van der Waals surface area contributed by atoms with Crippen LogP contribution in [0.5, 0.6) is 0 Å². The molecule has 0 aromatic carbocycles. The first kappa shape index (κ1) is 18.4. The van der Waals surface area contributed by atoms with Gasteiger partial charge in [0.15, 0.2) is 0 Å². The highest BCUT2D eigenvalue weighted by atomic mass is 16.6. The molecule has 0 aliphatic rings. The molecular formula is C13H18N2O6. The van der Waals surface area contributed by atoms with E-state index in [1.54, 1.807) is 13.8 Å². The fourth-order valence-corrected chi connectivity index (χ4v) is 0.920. The van der Waals surface area contributed by atoms with E-state index in [4.69, 9.17) is 0 Å². The van der Waals surface area contributed by atoms with Crippen LogP contribution in [0, 0.1) is 6.92 Å². The quantitative estimate of drug-likeness (QED) is 0.460. The molecule has 0 aliphatic heterocycles. The number of nitrogens with one attached hydrogen (secondary N) is 2. The van der Waals surface area contributed by atoms with E-state index in [0.717, 1.165) is 0 Å². The summed E-state index contributed by atoms with van der Waals surface area (Å²) < 4.78 is 9.16. The first-order valence-electron chi connectivity index (χ1n) is 5.98. The second-order valence-electron chi connectivity index (χ2n) is 4.01. The normalized spacial score (nSPS) is 9.10. The van der Waals surface area contributed by atoms with Crippen LogP contribution >= 0.6 is 0 Å². The number of H-pyrrole nitrogens is 2. The Bertz CT molecular complexity index is 614. The Labute approximate surface area is 120 Å². The molecule has 0 atom stereocenters. The number of hydrogen-bond donors (Lipinski definition) is 2. The summed E-state index contributed by atoms with van der Waals surface area (Å²) in [4.78, 5) is 46.3. The predicted octanol–water partition coefficient (Wildman–Crippen LogP) is 0.0404. The minimum absolute atomic E-state index is 0.0747. The van der Waals surface area contributed by atoms with E-state index < -0.39 is 11.7 Å². The van der Waals surface area contributed by atoms with Gasteiger partial charge in [-0.05, 0) is 13.8 Å². The lowest BCUT2D eigenvalue weighted by Crippen LogP contribution is -2.22. The van der Waals surface area contributed by atoms with E-state index >= 15 is 0 Å². The lowest BCUT2D eigenvalue weighted by atomic mass is 10.4. The summed E-state index contributed by atoms with van der Waals surface area (Å²) in [5.74, 6) is -0.858. The van der Waals surface area contributed by atoms with Crippen LogP contribution < -0.4 is 11.2 Å². The molecule has 0 amide bonds. The van der Waals surface area contributed by atoms with Gasteiger partial charge in [-0.3, -0.25) is 14.6 Å². The largest absolute Gasteiger partial charge is 0.462 e. The van der Waals surface area contributed by atoms with Crippen LogP contribution in [0.25, 0.3) is 0 Å². The molecule has 1 rings (SSSR count). The lowest BCUT2D eigenvalue weighted by molar-refractivity contribution is -0.148. The van der Waals surface area contributed by atoms with Crippen LogP contribution in [-0.4, -0.2) is 35.1 Å². The number of carbonyl (C=O) groups is 2. The number of carbonyl (C=O) groups excluding carboxylic acids is 2. The minimum atomic E-state index is -0.470. The van der Waals surface area contributed by atoms with Crippen molar-refractivity contribution in [1.82, 2.24) is 9.97 Å². The SMILES string of the molecule is C=C(C)C(=O)OCCOC(C)=O.Cc1c[nH]c(=O)[nH]c1=O. The molecular weight excluding hydrogens is 280 g/mol. The molecule has 0 radical (unpaired) electrons. The molecule has 0 aliphatic carbocycles. The maximum Gasteiger partial charge on any atom is 0.333 e. The highest BCUT2D eigenvalue weighted by Crippen LogP contribution is 1.91. The summed E-state index contributed by atoms with van der Waals surface area (Å²) in [6.45, 7) is 8.01. The highest BCUT2D eigenvalue weighted by molar-refractivity contribution is 5.86.